The topological polar surface area (TPSA) is 61.7 Å². The van der Waals surface area contributed by atoms with Crippen LogP contribution >= 0.6 is 35.3 Å². The van der Waals surface area contributed by atoms with Crippen molar-refractivity contribution in [3.05, 3.63) is 64.1 Å². The van der Waals surface area contributed by atoms with Gasteiger partial charge in [-0.3, -0.25) is 9.36 Å². The van der Waals surface area contributed by atoms with E-state index in [9.17, 15) is 18.4 Å². The molecule has 0 aliphatic carbocycles. The highest BCUT2D eigenvalue weighted by Crippen LogP contribution is 2.47. The highest BCUT2D eigenvalue weighted by molar-refractivity contribution is 7.99. The number of fused-ring (bicyclic) bond motifs is 1. The molecule has 4 heterocycles. The normalized spacial score (nSPS) is 21.2. The zero-order valence-corrected chi connectivity index (χ0v) is 22.9. The molecule has 1 aromatic heterocycles. The van der Waals surface area contributed by atoms with Crippen LogP contribution in [-0.4, -0.2) is 74.9 Å². The highest BCUT2D eigenvalue weighted by atomic mass is 35.5. The first-order valence-corrected chi connectivity index (χ1v) is 14.7. The number of benzene rings is 2. The minimum Gasteiger partial charge on any atom is -0.348 e. The van der Waals surface area contributed by atoms with Crippen LogP contribution in [0, 0.1) is 11.6 Å². The van der Waals surface area contributed by atoms with Crippen LogP contribution in [-0.2, 0) is 11.3 Å². The number of thioether (sulfide) groups is 1. The van der Waals surface area contributed by atoms with Crippen molar-refractivity contribution in [3.8, 4) is 11.1 Å². The number of rotatable bonds is 4. The summed E-state index contributed by atoms with van der Waals surface area (Å²) in [4.78, 5) is 35.2. The fourth-order valence-electron chi connectivity index (χ4n) is 5.81. The lowest BCUT2D eigenvalue weighted by Crippen LogP contribution is -2.61. The van der Waals surface area contributed by atoms with Crippen molar-refractivity contribution in [2.24, 2.45) is 0 Å². The van der Waals surface area contributed by atoms with Gasteiger partial charge in [-0.15, -0.1) is 11.8 Å². The third-order valence-corrected chi connectivity index (χ3v) is 9.69. The second kappa shape index (κ2) is 9.86. The third-order valence-electron chi connectivity index (χ3n) is 7.51. The Morgan fingerprint density at radius 3 is 2.74 bits per heavy atom. The zero-order valence-electron chi connectivity index (χ0n) is 20.5. The molecule has 2 saturated heterocycles. The van der Waals surface area contributed by atoms with Gasteiger partial charge in [-0.1, -0.05) is 30.1 Å². The number of halogens is 3. The van der Waals surface area contributed by atoms with Gasteiger partial charge in [-0.25, -0.2) is 17.9 Å². The Labute approximate surface area is 231 Å². The van der Waals surface area contributed by atoms with Crippen molar-refractivity contribution in [3.63, 3.8) is 0 Å². The molecular formula is C26H24ClF2N5O2S2. The fraction of sp³-hybridized carbons (Fsp3) is 0.346. The SMILES string of the molecule is C=CC(=O)N1CCN(c2nc(=O)n3c4c(c(-c5ccc(F)cc5F)c(Cl)cc24)SCC3)C2CN(SC)CC21. The first kappa shape index (κ1) is 25.7. The van der Waals surface area contributed by atoms with Crippen LogP contribution in [0.1, 0.15) is 0 Å². The lowest BCUT2D eigenvalue weighted by Gasteiger charge is -2.44. The maximum absolute atomic E-state index is 14.9. The van der Waals surface area contributed by atoms with Crippen LogP contribution in [0.4, 0.5) is 14.6 Å². The number of anilines is 1. The molecule has 2 atom stereocenters. The molecule has 38 heavy (non-hydrogen) atoms. The minimum absolute atomic E-state index is 0.0851. The number of hydrogen-bond donors (Lipinski definition) is 0. The van der Waals surface area contributed by atoms with E-state index < -0.39 is 11.6 Å². The van der Waals surface area contributed by atoms with Gasteiger partial charge in [0.15, 0.2) is 0 Å². The quantitative estimate of drug-likeness (QED) is 0.340. The van der Waals surface area contributed by atoms with E-state index in [-0.39, 0.29) is 29.2 Å². The van der Waals surface area contributed by atoms with E-state index in [2.05, 4.69) is 20.8 Å². The van der Waals surface area contributed by atoms with E-state index in [0.717, 1.165) is 6.07 Å². The van der Waals surface area contributed by atoms with Gasteiger partial charge in [0.1, 0.15) is 17.5 Å². The Hall–Kier alpha value is -2.60. The van der Waals surface area contributed by atoms with E-state index in [1.54, 1.807) is 22.6 Å². The van der Waals surface area contributed by atoms with Gasteiger partial charge >= 0.3 is 5.69 Å². The summed E-state index contributed by atoms with van der Waals surface area (Å²) >= 11 is 9.93. The van der Waals surface area contributed by atoms with E-state index >= 15 is 0 Å². The Balaban J connectivity index is 1.55. The molecule has 2 aromatic carbocycles. The molecule has 0 spiro atoms. The van der Waals surface area contributed by atoms with Gasteiger partial charge in [0.2, 0.25) is 5.91 Å². The minimum atomic E-state index is -0.717. The summed E-state index contributed by atoms with van der Waals surface area (Å²) < 4.78 is 32.4. The summed E-state index contributed by atoms with van der Waals surface area (Å²) in [6.07, 6.45) is 3.34. The molecule has 7 nitrogen and oxygen atoms in total. The van der Waals surface area contributed by atoms with E-state index in [0.29, 0.717) is 70.7 Å². The standard InChI is InChI=1S/C26H24ClF2N5O2S2/c1-3-21(35)32-6-7-33(20-13-31(37-2)12-19(20)32)25-16-11-17(27)22(15-5-4-14(28)10-18(15)29)24-23(16)34(8-9-38-24)26(36)30-25/h3-5,10-11,19-20H,1,6-9,12-13H2,2H3. The van der Waals surface area contributed by atoms with E-state index in [1.807, 2.05) is 11.2 Å². The molecule has 0 radical (unpaired) electrons. The number of hydrogen-bond acceptors (Lipinski definition) is 7. The Morgan fingerprint density at radius 2 is 2.00 bits per heavy atom. The average molecular weight is 576 g/mol. The Morgan fingerprint density at radius 1 is 1.21 bits per heavy atom. The maximum atomic E-state index is 14.9. The van der Waals surface area contributed by atoms with E-state index in [4.69, 9.17) is 11.6 Å². The number of aromatic nitrogens is 2. The summed E-state index contributed by atoms with van der Waals surface area (Å²) in [5, 5.41) is 1.00. The molecule has 198 valence electrons. The first-order valence-electron chi connectivity index (χ1n) is 12.2. The average Bonchev–Trinajstić information content (AvgIpc) is 3.35. The lowest BCUT2D eigenvalue weighted by atomic mass is 10.0. The number of carbonyl (C=O) groups excluding carboxylic acids is 1. The number of carbonyl (C=O) groups is 1. The van der Waals surface area contributed by atoms with Crippen molar-refractivity contribution < 1.29 is 13.6 Å². The Bertz CT molecular complexity index is 1550. The summed E-state index contributed by atoms with van der Waals surface area (Å²) in [6, 6.07) is 4.97. The largest absolute Gasteiger partial charge is 0.350 e. The fourth-order valence-corrected chi connectivity index (χ4v) is 7.97. The van der Waals surface area contributed by atoms with Crippen LogP contribution in [0.25, 0.3) is 22.0 Å². The molecular weight excluding hydrogens is 552 g/mol. The van der Waals surface area contributed by atoms with Crippen molar-refractivity contribution in [1.29, 1.82) is 0 Å². The van der Waals surface area contributed by atoms with Gasteiger partial charge in [0, 0.05) is 66.0 Å². The van der Waals surface area contributed by atoms with Crippen LogP contribution in [0.2, 0.25) is 5.02 Å². The summed E-state index contributed by atoms with van der Waals surface area (Å²) in [6.45, 7) is 6.45. The van der Waals surface area contributed by atoms with Gasteiger partial charge in [-0.2, -0.15) is 4.98 Å². The van der Waals surface area contributed by atoms with Gasteiger partial charge < -0.3 is 9.80 Å². The molecule has 0 bridgehead atoms. The molecule has 2 unspecified atom stereocenters. The predicted octanol–water partition coefficient (Wildman–Crippen LogP) is 4.27. The third kappa shape index (κ3) is 4.02. The monoisotopic (exact) mass is 575 g/mol. The summed E-state index contributed by atoms with van der Waals surface area (Å²) in [7, 11) is 0. The maximum Gasteiger partial charge on any atom is 0.350 e. The molecule has 3 aliphatic rings. The van der Waals surface area contributed by atoms with E-state index in [1.165, 1.54) is 30.0 Å². The van der Waals surface area contributed by atoms with Crippen LogP contribution in [0.5, 0.6) is 0 Å². The second-order valence-electron chi connectivity index (χ2n) is 9.39. The Kier molecular flexibility index (Phi) is 6.66. The molecule has 0 N–H and O–H groups in total. The lowest BCUT2D eigenvalue weighted by molar-refractivity contribution is -0.128. The van der Waals surface area contributed by atoms with Crippen molar-refractivity contribution in [2.45, 2.75) is 23.5 Å². The molecule has 3 aliphatic heterocycles. The van der Waals surface area contributed by atoms with Crippen molar-refractivity contribution in [2.75, 3.05) is 43.1 Å². The molecule has 0 saturated carbocycles. The smallest absolute Gasteiger partial charge is 0.348 e. The van der Waals surface area contributed by atoms with Gasteiger partial charge in [0.25, 0.3) is 0 Å². The van der Waals surface area contributed by atoms with Crippen LogP contribution < -0.4 is 10.6 Å². The van der Waals surface area contributed by atoms with Gasteiger partial charge in [-0.05, 0) is 30.5 Å². The summed E-state index contributed by atoms with van der Waals surface area (Å²) in [5.74, 6) is -0.396. The van der Waals surface area contributed by atoms with Crippen molar-refractivity contribution in [1.82, 2.24) is 18.8 Å². The highest BCUT2D eigenvalue weighted by Gasteiger charge is 2.45. The molecule has 12 heteroatoms. The van der Waals surface area contributed by atoms with Gasteiger partial charge in [0.05, 0.1) is 22.6 Å². The second-order valence-corrected chi connectivity index (χ2v) is 11.8. The zero-order chi connectivity index (χ0) is 26.7. The predicted molar refractivity (Wildman–Crippen MR) is 149 cm³/mol. The summed E-state index contributed by atoms with van der Waals surface area (Å²) in [5.41, 5.74) is 0.895. The molecule has 1 amide bonds. The van der Waals surface area contributed by atoms with Crippen LogP contribution in [0.3, 0.4) is 0 Å². The van der Waals surface area contributed by atoms with Crippen molar-refractivity contribution >= 4 is 57.9 Å². The molecule has 3 aromatic rings. The number of piperazine rings is 1. The number of amides is 1. The molecule has 6 rings (SSSR count). The van der Waals surface area contributed by atoms with Crippen LogP contribution in [0.15, 0.2) is 46.6 Å². The molecule has 2 fully saturated rings. The number of aryl methyl sites for hydroxylation is 1. The first-order chi connectivity index (χ1) is 18.3. The number of nitrogens with zero attached hydrogens (tertiary/aromatic N) is 5.